The van der Waals surface area contributed by atoms with E-state index in [9.17, 15) is 4.79 Å². The second kappa shape index (κ2) is 9.30. The van der Waals surface area contributed by atoms with Crippen LogP contribution in [0.15, 0.2) is 29.3 Å². The molecule has 0 spiro atoms. The van der Waals surface area contributed by atoms with Gasteiger partial charge in [0, 0.05) is 26.7 Å². The zero-order valence-corrected chi connectivity index (χ0v) is 15.6. The van der Waals surface area contributed by atoms with Gasteiger partial charge >= 0.3 is 5.97 Å². The van der Waals surface area contributed by atoms with Gasteiger partial charge in [0.1, 0.15) is 5.75 Å². The van der Waals surface area contributed by atoms with Crippen LogP contribution >= 0.6 is 0 Å². The van der Waals surface area contributed by atoms with E-state index in [-0.39, 0.29) is 17.8 Å². The summed E-state index contributed by atoms with van der Waals surface area (Å²) in [5, 5.41) is 3.40. The number of benzene rings is 1. The molecular formula is C19H29N3O3. The first-order valence-electron chi connectivity index (χ1n) is 8.84. The van der Waals surface area contributed by atoms with Crippen molar-refractivity contribution in [1.29, 1.82) is 0 Å². The number of nitrogens with one attached hydrogen (secondary N) is 1. The number of hydrogen-bond acceptors (Lipinski definition) is 4. The molecule has 25 heavy (non-hydrogen) atoms. The molecule has 0 aliphatic carbocycles. The summed E-state index contributed by atoms with van der Waals surface area (Å²) in [5.74, 6) is 1.78. The normalized spacial score (nSPS) is 20.5. The highest BCUT2D eigenvalue weighted by molar-refractivity contribution is 5.82. The summed E-state index contributed by atoms with van der Waals surface area (Å²) in [7, 11) is 3.22. The van der Waals surface area contributed by atoms with Gasteiger partial charge in [-0.25, -0.2) is 0 Å². The number of guanidine groups is 1. The first-order valence-corrected chi connectivity index (χ1v) is 8.84. The average Bonchev–Trinajstić information content (AvgIpc) is 3.01. The lowest BCUT2D eigenvalue weighted by molar-refractivity contribution is -0.145. The topological polar surface area (TPSA) is 63.2 Å². The van der Waals surface area contributed by atoms with E-state index in [1.807, 2.05) is 25.1 Å². The molecule has 6 nitrogen and oxygen atoms in total. The van der Waals surface area contributed by atoms with Crippen LogP contribution in [0, 0.1) is 11.8 Å². The van der Waals surface area contributed by atoms with E-state index < -0.39 is 0 Å². The van der Waals surface area contributed by atoms with Crippen molar-refractivity contribution < 1.29 is 14.3 Å². The lowest BCUT2D eigenvalue weighted by Crippen LogP contribution is -2.41. The number of rotatable bonds is 6. The minimum Gasteiger partial charge on any atom is -0.494 e. The molecule has 2 unspecified atom stereocenters. The van der Waals surface area contributed by atoms with Crippen LogP contribution in [0.4, 0.5) is 0 Å². The number of para-hydroxylation sites is 1. The second-order valence-electron chi connectivity index (χ2n) is 6.28. The van der Waals surface area contributed by atoms with Gasteiger partial charge in [-0.15, -0.1) is 0 Å². The Morgan fingerprint density at radius 1 is 1.36 bits per heavy atom. The molecule has 6 heteroatoms. The fourth-order valence-electron chi connectivity index (χ4n) is 3.25. The third kappa shape index (κ3) is 4.87. The summed E-state index contributed by atoms with van der Waals surface area (Å²) in [6.07, 6.45) is 0.846. The first kappa shape index (κ1) is 19.1. The van der Waals surface area contributed by atoms with Crippen molar-refractivity contribution in [2.45, 2.75) is 20.3 Å². The van der Waals surface area contributed by atoms with Crippen molar-refractivity contribution >= 4 is 11.9 Å². The van der Waals surface area contributed by atoms with E-state index in [0.29, 0.717) is 13.2 Å². The van der Waals surface area contributed by atoms with E-state index >= 15 is 0 Å². The Hall–Kier alpha value is -2.24. The van der Waals surface area contributed by atoms with Gasteiger partial charge in [-0.3, -0.25) is 9.79 Å². The Bertz CT molecular complexity index is 603. The van der Waals surface area contributed by atoms with Crippen LogP contribution in [0.5, 0.6) is 5.75 Å². The van der Waals surface area contributed by atoms with Gasteiger partial charge in [0.15, 0.2) is 5.96 Å². The van der Waals surface area contributed by atoms with Crippen LogP contribution < -0.4 is 10.1 Å². The summed E-state index contributed by atoms with van der Waals surface area (Å²) >= 11 is 0. The molecule has 1 aromatic rings. The van der Waals surface area contributed by atoms with Crippen LogP contribution in [0.25, 0.3) is 0 Å². The molecule has 138 valence electrons. The zero-order chi connectivity index (χ0) is 18.2. The number of likely N-dealkylation sites (tertiary alicyclic amines) is 1. The van der Waals surface area contributed by atoms with E-state index in [1.165, 1.54) is 12.7 Å². The monoisotopic (exact) mass is 347 g/mol. The van der Waals surface area contributed by atoms with E-state index in [0.717, 1.165) is 31.2 Å². The fraction of sp³-hybridized carbons (Fsp3) is 0.579. The molecule has 1 aromatic carbocycles. The molecule has 0 aromatic heterocycles. The molecule has 2 atom stereocenters. The van der Waals surface area contributed by atoms with E-state index in [4.69, 9.17) is 9.47 Å². The van der Waals surface area contributed by atoms with Gasteiger partial charge in [0.2, 0.25) is 0 Å². The molecule has 2 rings (SSSR count). The Kier molecular flexibility index (Phi) is 7.10. The van der Waals surface area contributed by atoms with Crippen molar-refractivity contribution in [2.75, 3.05) is 40.4 Å². The average molecular weight is 347 g/mol. The van der Waals surface area contributed by atoms with Crippen LogP contribution in [0.2, 0.25) is 0 Å². The maximum absolute atomic E-state index is 11.9. The number of aliphatic imine (C=N–C) groups is 1. The Labute approximate surface area is 150 Å². The van der Waals surface area contributed by atoms with Gasteiger partial charge in [-0.05, 0) is 30.9 Å². The van der Waals surface area contributed by atoms with Crippen LogP contribution in [-0.2, 0) is 16.0 Å². The van der Waals surface area contributed by atoms with Gasteiger partial charge in [0.05, 0.1) is 19.6 Å². The minimum atomic E-state index is -0.143. The Morgan fingerprint density at radius 2 is 2.12 bits per heavy atom. The first-order chi connectivity index (χ1) is 12.1. The smallest absolute Gasteiger partial charge is 0.310 e. The molecule has 0 amide bonds. The van der Waals surface area contributed by atoms with Crippen molar-refractivity contribution in [3.63, 3.8) is 0 Å². The van der Waals surface area contributed by atoms with Crippen molar-refractivity contribution in [1.82, 2.24) is 10.2 Å². The maximum Gasteiger partial charge on any atom is 0.310 e. The summed E-state index contributed by atoms with van der Waals surface area (Å²) in [5.41, 5.74) is 1.18. The van der Waals surface area contributed by atoms with Crippen LogP contribution in [0.3, 0.4) is 0 Å². The molecular weight excluding hydrogens is 318 g/mol. The molecule has 1 heterocycles. The van der Waals surface area contributed by atoms with Gasteiger partial charge in [-0.2, -0.15) is 0 Å². The van der Waals surface area contributed by atoms with Crippen molar-refractivity contribution in [3.05, 3.63) is 29.8 Å². The number of ether oxygens (including phenoxy) is 2. The lowest BCUT2D eigenvalue weighted by Gasteiger charge is -2.21. The summed E-state index contributed by atoms with van der Waals surface area (Å²) in [6, 6.07) is 8.09. The Morgan fingerprint density at radius 3 is 2.80 bits per heavy atom. The highest BCUT2D eigenvalue weighted by Gasteiger charge is 2.36. The second-order valence-corrected chi connectivity index (χ2v) is 6.28. The molecule has 0 saturated carbocycles. The number of esters is 1. The quantitative estimate of drug-likeness (QED) is 0.484. The highest BCUT2D eigenvalue weighted by Crippen LogP contribution is 2.24. The van der Waals surface area contributed by atoms with Crippen molar-refractivity contribution in [3.8, 4) is 5.75 Å². The number of carbonyl (C=O) groups excluding carboxylic acids is 1. The predicted octanol–water partition coefficient (Wildman–Crippen LogP) is 1.94. The SMILES string of the molecule is CCOc1ccccc1CCNC(=NC)N1CC(C)C(C(=O)OC)C1. The molecule has 1 aliphatic heterocycles. The van der Waals surface area contributed by atoms with Gasteiger partial charge in [0.25, 0.3) is 0 Å². The lowest BCUT2D eigenvalue weighted by atomic mass is 9.99. The molecule has 0 radical (unpaired) electrons. The number of nitrogens with zero attached hydrogens (tertiary/aromatic N) is 2. The standard InChI is InChI=1S/C19H29N3O3/c1-5-25-17-9-7-6-8-15(17)10-11-21-19(20-3)22-12-14(2)16(13-22)18(23)24-4/h6-9,14,16H,5,10-13H2,1-4H3,(H,20,21). The van der Waals surface area contributed by atoms with Gasteiger partial charge < -0.3 is 19.7 Å². The molecule has 1 N–H and O–H groups in total. The number of hydrogen-bond donors (Lipinski definition) is 1. The molecule has 1 fully saturated rings. The van der Waals surface area contributed by atoms with E-state index in [2.05, 4.69) is 28.2 Å². The third-order valence-corrected chi connectivity index (χ3v) is 4.58. The molecule has 0 bridgehead atoms. The highest BCUT2D eigenvalue weighted by atomic mass is 16.5. The minimum absolute atomic E-state index is 0.0952. The third-order valence-electron chi connectivity index (χ3n) is 4.58. The largest absolute Gasteiger partial charge is 0.494 e. The van der Waals surface area contributed by atoms with Crippen molar-refractivity contribution in [2.24, 2.45) is 16.8 Å². The molecule has 1 aliphatic rings. The summed E-state index contributed by atoms with van der Waals surface area (Å²) < 4.78 is 10.6. The molecule has 1 saturated heterocycles. The summed E-state index contributed by atoms with van der Waals surface area (Å²) in [4.78, 5) is 18.3. The van der Waals surface area contributed by atoms with Crippen LogP contribution in [-0.4, -0.2) is 57.2 Å². The predicted molar refractivity (Wildman–Crippen MR) is 98.9 cm³/mol. The zero-order valence-electron chi connectivity index (χ0n) is 15.6. The van der Waals surface area contributed by atoms with Gasteiger partial charge in [-0.1, -0.05) is 25.1 Å². The number of carbonyl (C=O) groups is 1. The fourth-order valence-corrected chi connectivity index (χ4v) is 3.25. The maximum atomic E-state index is 11.9. The van der Waals surface area contributed by atoms with Crippen LogP contribution in [0.1, 0.15) is 19.4 Å². The van der Waals surface area contributed by atoms with E-state index in [1.54, 1.807) is 7.05 Å². The summed E-state index contributed by atoms with van der Waals surface area (Å²) in [6.45, 7) is 6.92. The number of methoxy groups -OCH3 is 1. The Balaban J connectivity index is 1.90.